The number of hydrogen-bond donors (Lipinski definition) is 2. The van der Waals surface area contributed by atoms with Gasteiger partial charge in [-0.3, -0.25) is 4.79 Å². The van der Waals surface area contributed by atoms with Gasteiger partial charge in [0.2, 0.25) is 5.91 Å². The van der Waals surface area contributed by atoms with Gasteiger partial charge in [-0.25, -0.2) is 4.98 Å². The summed E-state index contributed by atoms with van der Waals surface area (Å²) in [5.41, 5.74) is 6.92. The number of nitrogens with two attached hydrogens (primary N) is 1. The molecule has 2 heterocycles. The third-order valence-electron chi connectivity index (χ3n) is 3.37. The van der Waals surface area contributed by atoms with Crippen molar-refractivity contribution in [1.29, 1.82) is 0 Å². The molecule has 0 radical (unpaired) electrons. The fourth-order valence-electron chi connectivity index (χ4n) is 2.02. The molecule has 0 spiro atoms. The second kappa shape index (κ2) is 6.45. The monoisotopic (exact) mass is 282 g/mol. The van der Waals surface area contributed by atoms with Crippen LogP contribution in [0.2, 0.25) is 0 Å². The minimum absolute atomic E-state index is 0.0342. The SMILES string of the molecule is CC(C)C(N)c1nc(CC(=O)N2CCNCC2)cs1. The summed E-state index contributed by atoms with van der Waals surface area (Å²) in [6, 6.07) is -0.0342. The van der Waals surface area contributed by atoms with Crippen molar-refractivity contribution in [2.75, 3.05) is 26.2 Å². The minimum Gasteiger partial charge on any atom is -0.340 e. The van der Waals surface area contributed by atoms with Crippen LogP contribution in [0.4, 0.5) is 0 Å². The molecule has 0 aromatic carbocycles. The number of nitrogens with one attached hydrogen (secondary N) is 1. The highest BCUT2D eigenvalue weighted by atomic mass is 32.1. The molecular weight excluding hydrogens is 260 g/mol. The number of amides is 1. The molecule has 1 amide bonds. The van der Waals surface area contributed by atoms with E-state index in [0.717, 1.165) is 36.9 Å². The lowest BCUT2D eigenvalue weighted by atomic mass is 10.1. The maximum Gasteiger partial charge on any atom is 0.228 e. The Kier molecular flexibility index (Phi) is 4.90. The third kappa shape index (κ3) is 3.75. The summed E-state index contributed by atoms with van der Waals surface area (Å²) in [5.74, 6) is 0.527. The van der Waals surface area contributed by atoms with E-state index < -0.39 is 0 Å². The van der Waals surface area contributed by atoms with E-state index in [1.807, 2.05) is 10.3 Å². The number of rotatable bonds is 4. The van der Waals surface area contributed by atoms with E-state index in [1.54, 1.807) is 11.3 Å². The van der Waals surface area contributed by atoms with Gasteiger partial charge in [0.05, 0.1) is 18.2 Å². The number of carbonyl (C=O) groups excluding carboxylic acids is 1. The number of carbonyl (C=O) groups is 1. The zero-order chi connectivity index (χ0) is 13.8. The van der Waals surface area contributed by atoms with Gasteiger partial charge in [0.1, 0.15) is 5.01 Å². The van der Waals surface area contributed by atoms with E-state index >= 15 is 0 Å². The summed E-state index contributed by atoms with van der Waals surface area (Å²) < 4.78 is 0. The summed E-state index contributed by atoms with van der Waals surface area (Å²) in [7, 11) is 0. The molecule has 1 fully saturated rings. The Bertz CT molecular complexity index is 426. The predicted molar refractivity (Wildman–Crippen MR) is 77.0 cm³/mol. The standard InChI is InChI=1S/C13H22N4OS/c1-9(2)12(14)13-16-10(8-19-13)7-11(18)17-5-3-15-4-6-17/h8-9,12,15H,3-7,14H2,1-2H3. The Morgan fingerprint density at radius 1 is 1.53 bits per heavy atom. The number of nitrogens with zero attached hydrogens (tertiary/aromatic N) is 2. The van der Waals surface area contributed by atoms with E-state index in [1.165, 1.54) is 0 Å². The van der Waals surface area contributed by atoms with Crippen molar-refractivity contribution in [3.63, 3.8) is 0 Å². The Labute approximate surface area is 118 Å². The molecule has 1 unspecified atom stereocenters. The van der Waals surface area contributed by atoms with Crippen molar-refractivity contribution in [3.8, 4) is 0 Å². The highest BCUT2D eigenvalue weighted by Gasteiger charge is 2.19. The van der Waals surface area contributed by atoms with Crippen LogP contribution in [0.25, 0.3) is 0 Å². The third-order valence-corrected chi connectivity index (χ3v) is 4.37. The first-order valence-electron chi connectivity index (χ1n) is 6.76. The molecule has 19 heavy (non-hydrogen) atoms. The van der Waals surface area contributed by atoms with Crippen LogP contribution in [0.3, 0.4) is 0 Å². The molecule has 6 heteroatoms. The second-order valence-electron chi connectivity index (χ2n) is 5.25. The van der Waals surface area contributed by atoms with Crippen LogP contribution in [0.5, 0.6) is 0 Å². The highest BCUT2D eigenvalue weighted by molar-refractivity contribution is 7.09. The number of hydrogen-bond acceptors (Lipinski definition) is 5. The molecule has 5 nitrogen and oxygen atoms in total. The molecule has 0 bridgehead atoms. The zero-order valence-electron chi connectivity index (χ0n) is 11.6. The maximum absolute atomic E-state index is 12.1. The molecule has 1 aromatic rings. The average molecular weight is 282 g/mol. The minimum atomic E-state index is -0.0342. The molecule has 0 saturated carbocycles. The molecule has 1 aromatic heterocycles. The van der Waals surface area contributed by atoms with Gasteiger partial charge in [-0.1, -0.05) is 13.8 Å². The van der Waals surface area contributed by atoms with Crippen molar-refractivity contribution < 1.29 is 4.79 Å². The summed E-state index contributed by atoms with van der Waals surface area (Å²) in [5, 5.41) is 6.13. The quantitative estimate of drug-likeness (QED) is 0.856. The van der Waals surface area contributed by atoms with Gasteiger partial charge in [-0.05, 0) is 5.92 Å². The van der Waals surface area contributed by atoms with Crippen molar-refractivity contribution in [2.45, 2.75) is 26.3 Å². The zero-order valence-corrected chi connectivity index (χ0v) is 12.4. The average Bonchev–Trinajstić information content (AvgIpc) is 2.87. The van der Waals surface area contributed by atoms with Gasteiger partial charge >= 0.3 is 0 Å². The van der Waals surface area contributed by atoms with Crippen LogP contribution in [-0.4, -0.2) is 42.0 Å². The van der Waals surface area contributed by atoms with Crippen molar-refractivity contribution >= 4 is 17.2 Å². The van der Waals surface area contributed by atoms with Gasteiger partial charge in [0, 0.05) is 31.6 Å². The summed E-state index contributed by atoms with van der Waals surface area (Å²) in [6.45, 7) is 7.51. The number of aromatic nitrogens is 1. The van der Waals surface area contributed by atoms with Gasteiger partial charge in [0.15, 0.2) is 0 Å². The fourth-order valence-corrected chi connectivity index (χ4v) is 3.02. The normalized spacial score (nSPS) is 17.8. The van der Waals surface area contributed by atoms with Crippen LogP contribution in [-0.2, 0) is 11.2 Å². The first kappa shape index (κ1) is 14.4. The molecule has 1 aliphatic heterocycles. The molecule has 106 valence electrons. The van der Waals surface area contributed by atoms with Crippen LogP contribution in [0.1, 0.15) is 30.6 Å². The van der Waals surface area contributed by atoms with Crippen LogP contribution in [0.15, 0.2) is 5.38 Å². The first-order chi connectivity index (χ1) is 9.08. The van der Waals surface area contributed by atoms with Crippen molar-refractivity contribution in [1.82, 2.24) is 15.2 Å². The summed E-state index contributed by atoms with van der Waals surface area (Å²) in [6.07, 6.45) is 0.390. The lowest BCUT2D eigenvalue weighted by molar-refractivity contribution is -0.131. The number of thiazole rings is 1. The van der Waals surface area contributed by atoms with Gasteiger partial charge in [-0.2, -0.15) is 0 Å². The molecule has 3 N–H and O–H groups in total. The molecule has 1 atom stereocenters. The van der Waals surface area contributed by atoms with E-state index in [9.17, 15) is 4.79 Å². The first-order valence-corrected chi connectivity index (χ1v) is 7.64. The van der Waals surface area contributed by atoms with Gasteiger partial charge in [-0.15, -0.1) is 11.3 Å². The molecule has 1 saturated heterocycles. The fraction of sp³-hybridized carbons (Fsp3) is 0.692. The van der Waals surface area contributed by atoms with E-state index in [0.29, 0.717) is 12.3 Å². The van der Waals surface area contributed by atoms with Crippen LogP contribution in [0, 0.1) is 5.92 Å². The van der Waals surface area contributed by atoms with Crippen molar-refractivity contribution in [2.24, 2.45) is 11.7 Å². The summed E-state index contributed by atoms with van der Waals surface area (Å²) in [4.78, 5) is 18.5. The van der Waals surface area contributed by atoms with Crippen molar-refractivity contribution in [3.05, 3.63) is 16.1 Å². The lowest BCUT2D eigenvalue weighted by Crippen LogP contribution is -2.46. The predicted octanol–water partition coefficient (Wildman–Crippen LogP) is 0.773. The van der Waals surface area contributed by atoms with Crippen LogP contribution < -0.4 is 11.1 Å². The van der Waals surface area contributed by atoms with Gasteiger partial charge < -0.3 is 16.0 Å². The number of piperazine rings is 1. The van der Waals surface area contributed by atoms with E-state index in [2.05, 4.69) is 24.1 Å². The Morgan fingerprint density at radius 3 is 2.84 bits per heavy atom. The molecular formula is C13H22N4OS. The Balaban J connectivity index is 1.94. The van der Waals surface area contributed by atoms with E-state index in [-0.39, 0.29) is 11.9 Å². The molecule has 0 aliphatic carbocycles. The maximum atomic E-state index is 12.1. The van der Waals surface area contributed by atoms with E-state index in [4.69, 9.17) is 5.73 Å². The molecule has 2 rings (SSSR count). The second-order valence-corrected chi connectivity index (χ2v) is 6.14. The summed E-state index contributed by atoms with van der Waals surface area (Å²) >= 11 is 1.56. The Hall–Kier alpha value is -0.980. The highest BCUT2D eigenvalue weighted by Crippen LogP contribution is 2.22. The topological polar surface area (TPSA) is 71.2 Å². The molecule has 1 aliphatic rings. The van der Waals surface area contributed by atoms with Crippen LogP contribution >= 0.6 is 11.3 Å². The largest absolute Gasteiger partial charge is 0.340 e. The Morgan fingerprint density at radius 2 is 2.21 bits per heavy atom. The smallest absolute Gasteiger partial charge is 0.228 e. The van der Waals surface area contributed by atoms with Gasteiger partial charge in [0.25, 0.3) is 0 Å². The lowest BCUT2D eigenvalue weighted by Gasteiger charge is -2.27.